The maximum Gasteiger partial charge on any atom is 0.115 e. The van der Waals surface area contributed by atoms with E-state index in [2.05, 4.69) is 16.9 Å². The number of hydrogen-bond acceptors (Lipinski definition) is 4. The van der Waals surface area contributed by atoms with Gasteiger partial charge in [-0.15, -0.1) is 11.8 Å². The van der Waals surface area contributed by atoms with Gasteiger partial charge in [0.25, 0.3) is 0 Å². The molecule has 0 saturated carbocycles. The second kappa shape index (κ2) is 5.19. The fourth-order valence-electron chi connectivity index (χ4n) is 1.12. The van der Waals surface area contributed by atoms with Crippen LogP contribution in [0.5, 0.6) is 0 Å². The van der Waals surface area contributed by atoms with Gasteiger partial charge in [0.1, 0.15) is 5.03 Å². The molecule has 2 atom stereocenters. The van der Waals surface area contributed by atoms with E-state index in [1.54, 1.807) is 30.4 Å². The molecule has 2 unspecified atom stereocenters. The van der Waals surface area contributed by atoms with Gasteiger partial charge in [0.2, 0.25) is 0 Å². The molecular formula is C9H15N3S. The van der Waals surface area contributed by atoms with Crippen LogP contribution < -0.4 is 5.73 Å². The van der Waals surface area contributed by atoms with E-state index < -0.39 is 0 Å². The summed E-state index contributed by atoms with van der Waals surface area (Å²) in [6.45, 7) is 4.18. The van der Waals surface area contributed by atoms with Gasteiger partial charge < -0.3 is 5.73 Å². The molecule has 0 aliphatic rings. The number of aromatic nitrogens is 2. The van der Waals surface area contributed by atoms with E-state index in [1.165, 1.54) is 0 Å². The van der Waals surface area contributed by atoms with Crippen LogP contribution in [0.2, 0.25) is 0 Å². The molecule has 13 heavy (non-hydrogen) atoms. The van der Waals surface area contributed by atoms with Crippen molar-refractivity contribution >= 4 is 11.8 Å². The van der Waals surface area contributed by atoms with Crippen LogP contribution in [-0.4, -0.2) is 21.3 Å². The van der Waals surface area contributed by atoms with Gasteiger partial charge in [0.15, 0.2) is 0 Å². The Hall–Kier alpha value is -0.610. The second-order valence-electron chi connectivity index (χ2n) is 3.19. The van der Waals surface area contributed by atoms with Gasteiger partial charge in [0, 0.05) is 23.7 Å². The van der Waals surface area contributed by atoms with Crippen LogP contribution in [0.1, 0.15) is 20.3 Å². The third-order valence-electron chi connectivity index (χ3n) is 1.57. The summed E-state index contributed by atoms with van der Waals surface area (Å²) >= 11 is 1.72. The minimum absolute atomic E-state index is 0.249. The van der Waals surface area contributed by atoms with Gasteiger partial charge >= 0.3 is 0 Å². The zero-order valence-electron chi connectivity index (χ0n) is 7.97. The average molecular weight is 197 g/mol. The van der Waals surface area contributed by atoms with Gasteiger partial charge in [-0.3, -0.25) is 4.98 Å². The second-order valence-corrected chi connectivity index (χ2v) is 4.64. The lowest BCUT2D eigenvalue weighted by atomic mass is 10.2. The summed E-state index contributed by atoms with van der Waals surface area (Å²) in [4.78, 5) is 8.19. The molecule has 0 aromatic carbocycles. The van der Waals surface area contributed by atoms with Crippen LogP contribution in [0, 0.1) is 0 Å². The highest BCUT2D eigenvalue weighted by molar-refractivity contribution is 7.99. The topological polar surface area (TPSA) is 51.8 Å². The van der Waals surface area contributed by atoms with E-state index in [-0.39, 0.29) is 6.04 Å². The quantitative estimate of drug-likeness (QED) is 0.746. The summed E-state index contributed by atoms with van der Waals surface area (Å²) in [5.74, 6) is 0. The van der Waals surface area contributed by atoms with Crippen LogP contribution in [0.3, 0.4) is 0 Å². The predicted molar refractivity (Wildman–Crippen MR) is 55.6 cm³/mol. The molecule has 0 bridgehead atoms. The summed E-state index contributed by atoms with van der Waals surface area (Å²) in [7, 11) is 0. The predicted octanol–water partition coefficient (Wildman–Crippen LogP) is 1.69. The Kier molecular flexibility index (Phi) is 4.18. The van der Waals surface area contributed by atoms with Crippen molar-refractivity contribution in [3.05, 3.63) is 18.6 Å². The minimum atomic E-state index is 0.249. The molecule has 1 aromatic heterocycles. The average Bonchev–Trinajstić information content (AvgIpc) is 2.04. The lowest BCUT2D eigenvalue weighted by Crippen LogP contribution is -2.19. The van der Waals surface area contributed by atoms with Crippen LogP contribution in [-0.2, 0) is 0 Å². The summed E-state index contributed by atoms with van der Waals surface area (Å²) in [6, 6.07) is 0.249. The Bertz CT molecular complexity index is 238. The maximum atomic E-state index is 5.70. The first kappa shape index (κ1) is 10.5. The van der Waals surface area contributed by atoms with Crippen molar-refractivity contribution in [1.29, 1.82) is 0 Å². The Morgan fingerprint density at radius 2 is 2.23 bits per heavy atom. The molecule has 0 aliphatic carbocycles. The third kappa shape index (κ3) is 4.24. The number of thioether (sulfide) groups is 1. The summed E-state index contributed by atoms with van der Waals surface area (Å²) < 4.78 is 0. The monoisotopic (exact) mass is 197 g/mol. The molecule has 0 amide bonds. The van der Waals surface area contributed by atoms with Crippen molar-refractivity contribution in [3.63, 3.8) is 0 Å². The minimum Gasteiger partial charge on any atom is -0.328 e. The molecule has 4 heteroatoms. The largest absolute Gasteiger partial charge is 0.328 e. The Labute approximate surface area is 83.2 Å². The zero-order chi connectivity index (χ0) is 9.68. The highest BCUT2D eigenvalue weighted by Crippen LogP contribution is 2.22. The number of nitrogens with zero attached hydrogens (tertiary/aromatic N) is 2. The van der Waals surface area contributed by atoms with Crippen LogP contribution in [0.15, 0.2) is 23.6 Å². The molecule has 72 valence electrons. The molecule has 0 spiro atoms. The maximum absolute atomic E-state index is 5.70. The van der Waals surface area contributed by atoms with Crippen LogP contribution in [0.25, 0.3) is 0 Å². The number of rotatable bonds is 4. The highest BCUT2D eigenvalue weighted by Gasteiger charge is 2.07. The Morgan fingerprint density at radius 1 is 1.46 bits per heavy atom. The number of hydrogen-bond donors (Lipinski definition) is 1. The Morgan fingerprint density at radius 3 is 2.77 bits per heavy atom. The van der Waals surface area contributed by atoms with Crippen molar-refractivity contribution < 1.29 is 0 Å². The van der Waals surface area contributed by atoms with Crippen molar-refractivity contribution in [1.82, 2.24) is 9.97 Å². The van der Waals surface area contributed by atoms with E-state index in [1.807, 2.05) is 6.92 Å². The molecule has 0 radical (unpaired) electrons. The van der Waals surface area contributed by atoms with E-state index in [0.29, 0.717) is 5.25 Å². The van der Waals surface area contributed by atoms with Gasteiger partial charge in [-0.1, -0.05) is 6.92 Å². The van der Waals surface area contributed by atoms with Gasteiger partial charge in [0.05, 0.1) is 6.20 Å². The molecule has 0 fully saturated rings. The van der Waals surface area contributed by atoms with E-state index in [9.17, 15) is 0 Å². The standard InChI is InChI=1S/C9H15N3S/c1-7(10)5-8(2)13-9-6-11-3-4-12-9/h3-4,6-8H,5,10H2,1-2H3. The normalized spacial score (nSPS) is 15.3. The molecule has 0 aliphatic heterocycles. The van der Waals surface area contributed by atoms with Crippen LogP contribution >= 0.6 is 11.8 Å². The molecular weight excluding hydrogens is 182 g/mol. The van der Waals surface area contributed by atoms with Gasteiger partial charge in [-0.2, -0.15) is 0 Å². The van der Waals surface area contributed by atoms with Crippen molar-refractivity contribution in [3.8, 4) is 0 Å². The van der Waals surface area contributed by atoms with Gasteiger partial charge in [-0.05, 0) is 13.3 Å². The van der Waals surface area contributed by atoms with Gasteiger partial charge in [-0.25, -0.2) is 4.98 Å². The molecule has 1 aromatic rings. The summed E-state index contributed by atoms with van der Waals surface area (Å²) in [5, 5.41) is 1.47. The van der Waals surface area contributed by atoms with Crippen LogP contribution in [0.4, 0.5) is 0 Å². The van der Waals surface area contributed by atoms with Crippen molar-refractivity contribution in [2.24, 2.45) is 5.73 Å². The van der Waals surface area contributed by atoms with Crippen molar-refractivity contribution in [2.45, 2.75) is 36.6 Å². The summed E-state index contributed by atoms with van der Waals surface area (Å²) in [6.07, 6.45) is 6.17. The van der Waals surface area contributed by atoms with E-state index in [0.717, 1.165) is 11.4 Å². The molecule has 1 heterocycles. The third-order valence-corrected chi connectivity index (χ3v) is 2.61. The zero-order valence-corrected chi connectivity index (χ0v) is 8.79. The highest BCUT2D eigenvalue weighted by atomic mass is 32.2. The molecule has 3 nitrogen and oxygen atoms in total. The fraction of sp³-hybridized carbons (Fsp3) is 0.556. The number of nitrogens with two attached hydrogens (primary N) is 1. The Balaban J connectivity index is 2.41. The first-order valence-electron chi connectivity index (χ1n) is 4.36. The molecule has 2 N–H and O–H groups in total. The van der Waals surface area contributed by atoms with E-state index in [4.69, 9.17) is 5.73 Å². The lowest BCUT2D eigenvalue weighted by Gasteiger charge is -2.12. The lowest BCUT2D eigenvalue weighted by molar-refractivity contribution is 0.662. The SMILES string of the molecule is CC(N)CC(C)Sc1cnccn1. The van der Waals surface area contributed by atoms with E-state index >= 15 is 0 Å². The first-order valence-corrected chi connectivity index (χ1v) is 5.24. The fourth-order valence-corrected chi connectivity index (χ4v) is 2.18. The molecule has 0 saturated heterocycles. The first-order chi connectivity index (χ1) is 6.18. The smallest absolute Gasteiger partial charge is 0.115 e. The van der Waals surface area contributed by atoms with Crippen molar-refractivity contribution in [2.75, 3.05) is 0 Å². The summed E-state index contributed by atoms with van der Waals surface area (Å²) in [5.41, 5.74) is 5.70. The molecule has 1 rings (SSSR count).